The van der Waals surface area contributed by atoms with Crippen molar-refractivity contribution in [2.75, 3.05) is 63.5 Å². The van der Waals surface area contributed by atoms with Crippen LogP contribution in [0.5, 0.6) is 5.75 Å². The number of piperidine rings is 1. The zero-order chi connectivity index (χ0) is 22.9. The van der Waals surface area contributed by atoms with Crippen molar-refractivity contribution in [2.45, 2.75) is 18.9 Å². The quantitative estimate of drug-likeness (QED) is 0.614. The molecule has 10 nitrogen and oxygen atoms in total. The first kappa shape index (κ1) is 24.9. The predicted octanol–water partition coefficient (Wildman–Crippen LogP) is 0.485. The summed E-state index contributed by atoms with van der Waals surface area (Å²) in [6.07, 6.45) is 3.24. The molecule has 2 heterocycles. The van der Waals surface area contributed by atoms with Gasteiger partial charge < -0.3 is 24.4 Å². The summed E-state index contributed by atoms with van der Waals surface area (Å²) in [5.41, 5.74) is 0.458. The lowest BCUT2D eigenvalue weighted by atomic mass is 10.1. The van der Waals surface area contributed by atoms with Crippen molar-refractivity contribution in [3.05, 3.63) is 24.3 Å². The molecular formula is C20H31N3O7S. The molecule has 31 heavy (non-hydrogen) atoms. The van der Waals surface area contributed by atoms with Gasteiger partial charge in [-0.1, -0.05) is 0 Å². The van der Waals surface area contributed by atoms with Crippen molar-refractivity contribution in [3.8, 4) is 5.75 Å². The molecule has 0 radical (unpaired) electrons. The van der Waals surface area contributed by atoms with Crippen LogP contribution in [0.1, 0.15) is 12.8 Å². The average Bonchev–Trinajstić information content (AvgIpc) is 2.75. The fraction of sp³-hybridized carbons (Fsp3) is 0.600. The van der Waals surface area contributed by atoms with E-state index >= 15 is 0 Å². The lowest BCUT2D eigenvalue weighted by Crippen LogP contribution is -2.47. The summed E-state index contributed by atoms with van der Waals surface area (Å²) in [5, 5.41) is 6.89. The molecule has 0 aliphatic carbocycles. The van der Waals surface area contributed by atoms with Gasteiger partial charge in [-0.15, -0.1) is 0 Å². The van der Waals surface area contributed by atoms with Crippen LogP contribution in [0.15, 0.2) is 24.3 Å². The maximum absolute atomic E-state index is 12.5. The molecule has 0 bridgehead atoms. The molecule has 2 aliphatic rings. The molecule has 2 fully saturated rings. The molecule has 0 atom stereocenters. The average molecular weight is 458 g/mol. The van der Waals surface area contributed by atoms with Crippen molar-refractivity contribution in [1.29, 1.82) is 0 Å². The minimum Gasteiger partial charge on any atom is -0.490 e. The highest BCUT2D eigenvalue weighted by molar-refractivity contribution is 7.92. The van der Waals surface area contributed by atoms with Crippen LogP contribution in [0.2, 0.25) is 0 Å². The third-order valence-electron chi connectivity index (χ3n) is 5.14. The van der Waals surface area contributed by atoms with E-state index in [9.17, 15) is 13.2 Å². The van der Waals surface area contributed by atoms with Crippen molar-refractivity contribution < 1.29 is 32.6 Å². The Bertz CT molecular complexity index is 803. The van der Waals surface area contributed by atoms with Crippen molar-refractivity contribution in [2.24, 2.45) is 0 Å². The van der Waals surface area contributed by atoms with Crippen LogP contribution in [0.3, 0.4) is 0 Å². The number of carbonyl (C=O) groups is 2. The van der Waals surface area contributed by atoms with Gasteiger partial charge in [0.15, 0.2) is 0 Å². The largest absolute Gasteiger partial charge is 0.490 e. The molecule has 1 N–H and O–H groups in total. The molecule has 3 rings (SSSR count). The topological polar surface area (TPSA) is 117 Å². The van der Waals surface area contributed by atoms with E-state index in [-0.39, 0.29) is 25.0 Å². The number of morpholine rings is 1. The van der Waals surface area contributed by atoms with E-state index in [1.54, 1.807) is 29.2 Å². The summed E-state index contributed by atoms with van der Waals surface area (Å²) >= 11 is 0. The third-order valence-corrected chi connectivity index (χ3v) is 6.28. The normalized spacial score (nSPS) is 17.9. The fourth-order valence-electron chi connectivity index (χ4n) is 3.42. The second-order valence-electron chi connectivity index (χ2n) is 7.48. The molecule has 1 aromatic carbocycles. The molecular weight excluding hydrogens is 426 g/mol. The van der Waals surface area contributed by atoms with Gasteiger partial charge in [0.25, 0.3) is 6.47 Å². The number of hydrogen-bond donors (Lipinski definition) is 1. The van der Waals surface area contributed by atoms with Crippen LogP contribution in [-0.2, 0) is 24.3 Å². The highest BCUT2D eigenvalue weighted by Gasteiger charge is 2.25. The lowest BCUT2D eigenvalue weighted by molar-refractivity contribution is -0.133. The van der Waals surface area contributed by atoms with Crippen molar-refractivity contribution in [1.82, 2.24) is 9.80 Å². The van der Waals surface area contributed by atoms with Gasteiger partial charge in [0.2, 0.25) is 15.9 Å². The number of likely N-dealkylation sites (tertiary alicyclic amines) is 1. The number of ether oxygens (including phenoxy) is 2. The maximum Gasteiger partial charge on any atom is 0.290 e. The Balaban J connectivity index is 0.00000107. The Morgan fingerprint density at radius 2 is 1.74 bits per heavy atom. The number of anilines is 1. The first-order valence-corrected chi connectivity index (χ1v) is 12.0. The molecule has 0 spiro atoms. The van der Waals surface area contributed by atoms with Gasteiger partial charge in [-0.25, -0.2) is 8.42 Å². The second-order valence-corrected chi connectivity index (χ2v) is 9.39. The number of carbonyl (C=O) groups excluding carboxylic acids is 1. The molecule has 0 saturated carbocycles. The Labute approximate surface area is 183 Å². The zero-order valence-corrected chi connectivity index (χ0v) is 18.8. The molecule has 1 aromatic rings. The summed E-state index contributed by atoms with van der Waals surface area (Å²) < 4.78 is 37.0. The summed E-state index contributed by atoms with van der Waals surface area (Å²) in [6, 6.07) is 6.92. The first-order chi connectivity index (χ1) is 14.7. The molecule has 2 aliphatic heterocycles. The number of amides is 1. The minimum atomic E-state index is -3.59. The summed E-state index contributed by atoms with van der Waals surface area (Å²) in [6.45, 7) is 3.48. The van der Waals surface area contributed by atoms with E-state index in [1.807, 2.05) is 0 Å². The van der Waals surface area contributed by atoms with Crippen LogP contribution in [0.4, 0.5) is 5.69 Å². The highest BCUT2D eigenvalue weighted by Crippen LogP contribution is 2.24. The number of nitrogens with zero attached hydrogens (tertiary/aromatic N) is 3. The smallest absolute Gasteiger partial charge is 0.290 e. The molecule has 0 aromatic heterocycles. The van der Waals surface area contributed by atoms with Gasteiger partial charge in [0.1, 0.15) is 18.4 Å². The van der Waals surface area contributed by atoms with E-state index in [1.165, 1.54) is 0 Å². The van der Waals surface area contributed by atoms with Gasteiger partial charge in [-0.3, -0.25) is 13.9 Å². The summed E-state index contributed by atoms with van der Waals surface area (Å²) in [5.74, 6) is 0.492. The van der Waals surface area contributed by atoms with Gasteiger partial charge in [0.05, 0.1) is 25.2 Å². The van der Waals surface area contributed by atoms with E-state index in [2.05, 4.69) is 11.9 Å². The number of rotatable bonds is 6. The monoisotopic (exact) mass is 457 g/mol. The van der Waals surface area contributed by atoms with Crippen molar-refractivity contribution in [3.63, 3.8) is 0 Å². The van der Waals surface area contributed by atoms with E-state index in [0.29, 0.717) is 37.7 Å². The van der Waals surface area contributed by atoms with Crippen LogP contribution < -0.4 is 9.04 Å². The van der Waals surface area contributed by atoms with Gasteiger partial charge in [0, 0.05) is 26.2 Å². The highest BCUT2D eigenvalue weighted by atomic mass is 32.2. The zero-order valence-electron chi connectivity index (χ0n) is 18.0. The Morgan fingerprint density at radius 3 is 2.26 bits per heavy atom. The summed E-state index contributed by atoms with van der Waals surface area (Å²) in [4.78, 5) is 24.8. The van der Waals surface area contributed by atoms with E-state index < -0.39 is 10.0 Å². The Kier molecular flexibility index (Phi) is 9.53. The third kappa shape index (κ3) is 8.00. The number of sulfonamides is 1. The maximum atomic E-state index is 12.5. The Morgan fingerprint density at radius 1 is 1.19 bits per heavy atom. The minimum absolute atomic E-state index is 0.177. The molecule has 0 unspecified atom stereocenters. The number of benzene rings is 1. The van der Waals surface area contributed by atoms with Gasteiger partial charge in [-0.2, -0.15) is 0 Å². The van der Waals surface area contributed by atoms with Crippen LogP contribution >= 0.6 is 0 Å². The van der Waals surface area contributed by atoms with Crippen LogP contribution in [0.25, 0.3) is 0 Å². The number of hydrogen-bond acceptors (Lipinski definition) is 7. The second kappa shape index (κ2) is 11.9. The van der Waals surface area contributed by atoms with E-state index in [4.69, 9.17) is 19.4 Å². The summed E-state index contributed by atoms with van der Waals surface area (Å²) in [7, 11) is -1.49. The fourth-order valence-corrected chi connectivity index (χ4v) is 4.27. The molecule has 11 heteroatoms. The number of carboxylic acid groups (broad SMARTS) is 1. The molecule has 2 saturated heterocycles. The van der Waals surface area contributed by atoms with E-state index in [0.717, 1.165) is 36.5 Å². The van der Waals surface area contributed by atoms with Crippen LogP contribution in [-0.4, -0.2) is 101 Å². The lowest BCUT2D eigenvalue weighted by Gasteiger charge is -2.30. The molecule has 1 amide bonds. The van der Waals surface area contributed by atoms with Crippen LogP contribution in [0, 0.1) is 0 Å². The Hall–Kier alpha value is -2.37. The predicted molar refractivity (Wildman–Crippen MR) is 116 cm³/mol. The standard InChI is InChI=1S/C19H29N3O5S.CH2O2/c1-20-9-7-18(8-10-20)27-17-5-3-16(4-6-17)22(28(2,24)25)15-19(23)21-11-13-26-14-12-21;2-1-3/h3-6,18H,7-15H2,1-2H3;1H,(H,2,3). The van der Waals surface area contributed by atoms with Gasteiger partial charge >= 0.3 is 0 Å². The molecule has 174 valence electrons. The SMILES string of the molecule is CN1CCC(Oc2ccc(N(CC(=O)N3CCOCC3)S(C)(=O)=O)cc2)CC1.O=CO. The van der Waals surface area contributed by atoms with Gasteiger partial charge in [-0.05, 0) is 44.2 Å². The first-order valence-electron chi connectivity index (χ1n) is 10.1. The van der Waals surface area contributed by atoms with Crippen molar-refractivity contribution >= 4 is 28.1 Å².